The Hall–Kier alpha value is -3.16. The number of fused-ring (bicyclic) bond motifs is 1. The number of aromatic nitrogens is 2. The van der Waals surface area contributed by atoms with Gasteiger partial charge in [0.15, 0.2) is 0 Å². The number of rotatable bonds is 7. The first-order valence-corrected chi connectivity index (χ1v) is 9.77. The van der Waals surface area contributed by atoms with Crippen LogP contribution in [0.15, 0.2) is 35.1 Å². The number of nitrogens with zero attached hydrogens (tertiary/aromatic N) is 2. The average Bonchev–Trinajstić information content (AvgIpc) is 2.92. The Kier molecular flexibility index (Phi) is 6.00. The number of carbonyl (C=O) groups excluding carboxylic acids is 3. The van der Waals surface area contributed by atoms with E-state index in [2.05, 4.69) is 17.2 Å². The summed E-state index contributed by atoms with van der Waals surface area (Å²) < 4.78 is 3.02. The lowest BCUT2D eigenvalue weighted by atomic mass is 10.0. The SMILES string of the molecule is C=C(C)C(=O)NCCCCc1ccc2c(c1)n(C)c(=O)n2C1CCC(=O)NC1=O. The van der Waals surface area contributed by atoms with E-state index in [4.69, 9.17) is 0 Å². The number of hydrogen-bond donors (Lipinski definition) is 2. The molecule has 1 aliphatic rings. The van der Waals surface area contributed by atoms with Crippen LogP contribution in [0.1, 0.15) is 44.2 Å². The molecule has 1 aromatic carbocycles. The van der Waals surface area contributed by atoms with E-state index in [1.165, 1.54) is 9.13 Å². The highest BCUT2D eigenvalue weighted by Crippen LogP contribution is 2.24. The van der Waals surface area contributed by atoms with E-state index in [-0.39, 0.29) is 23.9 Å². The van der Waals surface area contributed by atoms with E-state index in [9.17, 15) is 19.2 Å². The number of aryl methyl sites for hydroxylation is 2. The number of hydrogen-bond acceptors (Lipinski definition) is 4. The Bertz CT molecular complexity index is 1050. The third-order valence-electron chi connectivity index (χ3n) is 5.24. The summed E-state index contributed by atoms with van der Waals surface area (Å²) in [4.78, 5) is 47.9. The average molecular weight is 398 g/mol. The summed E-state index contributed by atoms with van der Waals surface area (Å²) in [7, 11) is 1.68. The van der Waals surface area contributed by atoms with Crippen LogP contribution in [0.3, 0.4) is 0 Å². The van der Waals surface area contributed by atoms with Gasteiger partial charge >= 0.3 is 5.69 Å². The van der Waals surface area contributed by atoms with E-state index in [1.807, 2.05) is 18.2 Å². The molecule has 8 nitrogen and oxygen atoms in total. The number of unbranched alkanes of at least 4 members (excludes halogenated alkanes) is 1. The van der Waals surface area contributed by atoms with Gasteiger partial charge in [-0.1, -0.05) is 12.6 Å². The second kappa shape index (κ2) is 8.46. The Morgan fingerprint density at radius 1 is 1.24 bits per heavy atom. The molecule has 1 aromatic heterocycles. The molecule has 1 saturated heterocycles. The van der Waals surface area contributed by atoms with Crippen molar-refractivity contribution in [3.05, 3.63) is 46.4 Å². The molecule has 2 N–H and O–H groups in total. The Morgan fingerprint density at radius 2 is 2.00 bits per heavy atom. The fourth-order valence-corrected chi connectivity index (χ4v) is 3.60. The van der Waals surface area contributed by atoms with E-state index in [1.54, 1.807) is 14.0 Å². The highest BCUT2D eigenvalue weighted by molar-refractivity contribution is 6.00. The van der Waals surface area contributed by atoms with Gasteiger partial charge in [-0.2, -0.15) is 0 Å². The fourth-order valence-electron chi connectivity index (χ4n) is 3.60. The van der Waals surface area contributed by atoms with Crippen molar-refractivity contribution < 1.29 is 14.4 Å². The third-order valence-corrected chi connectivity index (χ3v) is 5.24. The van der Waals surface area contributed by atoms with E-state index in [0.29, 0.717) is 24.1 Å². The summed E-state index contributed by atoms with van der Waals surface area (Å²) >= 11 is 0. The molecule has 0 spiro atoms. The van der Waals surface area contributed by atoms with Gasteiger partial charge in [0.25, 0.3) is 0 Å². The zero-order chi connectivity index (χ0) is 21.1. The van der Waals surface area contributed by atoms with Gasteiger partial charge in [0.05, 0.1) is 11.0 Å². The smallest absolute Gasteiger partial charge is 0.329 e. The van der Waals surface area contributed by atoms with Crippen LogP contribution in [0.25, 0.3) is 11.0 Å². The molecule has 0 saturated carbocycles. The minimum absolute atomic E-state index is 0.129. The number of benzene rings is 1. The molecule has 0 radical (unpaired) electrons. The molecule has 8 heteroatoms. The lowest BCUT2D eigenvalue weighted by Crippen LogP contribution is -2.44. The molecule has 29 heavy (non-hydrogen) atoms. The molecule has 2 aromatic rings. The molecule has 1 aliphatic heterocycles. The maximum absolute atomic E-state index is 12.8. The van der Waals surface area contributed by atoms with Gasteiger partial charge in [-0.25, -0.2) is 4.79 Å². The normalized spacial score (nSPS) is 16.7. The van der Waals surface area contributed by atoms with Crippen LogP contribution in [0, 0.1) is 0 Å². The molecule has 0 bridgehead atoms. The Balaban J connectivity index is 1.72. The van der Waals surface area contributed by atoms with Crippen LogP contribution in [0.2, 0.25) is 0 Å². The van der Waals surface area contributed by atoms with Crippen molar-refractivity contribution in [2.45, 2.75) is 45.1 Å². The van der Waals surface area contributed by atoms with Crippen molar-refractivity contribution in [2.24, 2.45) is 7.05 Å². The van der Waals surface area contributed by atoms with Gasteiger partial charge in [0, 0.05) is 25.6 Å². The second-order valence-corrected chi connectivity index (χ2v) is 7.49. The number of imide groups is 1. The van der Waals surface area contributed by atoms with Crippen molar-refractivity contribution in [3.63, 3.8) is 0 Å². The first-order chi connectivity index (χ1) is 13.8. The number of piperidine rings is 1. The predicted molar refractivity (Wildman–Crippen MR) is 109 cm³/mol. The van der Waals surface area contributed by atoms with Gasteiger partial charge in [-0.05, 0) is 50.3 Å². The molecular weight excluding hydrogens is 372 g/mol. The molecular formula is C21H26N4O4. The number of imidazole rings is 1. The zero-order valence-electron chi connectivity index (χ0n) is 16.8. The van der Waals surface area contributed by atoms with Crippen molar-refractivity contribution in [1.29, 1.82) is 0 Å². The summed E-state index contributed by atoms with van der Waals surface area (Å²) in [5.41, 5.74) is 2.75. The van der Waals surface area contributed by atoms with E-state index < -0.39 is 11.9 Å². The molecule has 3 rings (SSSR count). The molecule has 1 atom stereocenters. The van der Waals surface area contributed by atoms with Crippen molar-refractivity contribution >= 4 is 28.8 Å². The van der Waals surface area contributed by atoms with E-state index in [0.717, 1.165) is 30.3 Å². The summed E-state index contributed by atoms with van der Waals surface area (Å²) in [5, 5.41) is 5.13. The number of amides is 3. The quantitative estimate of drug-likeness (QED) is 0.417. The van der Waals surface area contributed by atoms with Crippen LogP contribution in [0.5, 0.6) is 0 Å². The maximum Gasteiger partial charge on any atom is 0.329 e. The largest absolute Gasteiger partial charge is 0.352 e. The monoisotopic (exact) mass is 398 g/mol. The van der Waals surface area contributed by atoms with Crippen LogP contribution in [-0.2, 0) is 27.9 Å². The maximum atomic E-state index is 12.8. The lowest BCUT2D eigenvalue weighted by Gasteiger charge is -2.21. The first kappa shape index (κ1) is 20.6. The van der Waals surface area contributed by atoms with E-state index >= 15 is 0 Å². The zero-order valence-corrected chi connectivity index (χ0v) is 16.8. The first-order valence-electron chi connectivity index (χ1n) is 9.77. The summed E-state index contributed by atoms with van der Waals surface area (Å²) in [5.74, 6) is -0.866. The third kappa shape index (κ3) is 4.31. The molecule has 1 fully saturated rings. The molecule has 0 aliphatic carbocycles. The van der Waals surface area contributed by atoms with Crippen molar-refractivity contribution in [2.75, 3.05) is 6.54 Å². The van der Waals surface area contributed by atoms with Gasteiger partial charge < -0.3 is 5.32 Å². The molecule has 154 valence electrons. The standard InChI is InChI=1S/C21H26N4O4/c1-13(2)19(27)22-11-5-4-6-14-7-8-15-17(12-14)24(3)21(29)25(15)16-9-10-18(26)23-20(16)28/h7-8,12,16H,1,4-6,9-11H2,2-3H3,(H,22,27)(H,23,26,28). The molecule has 1 unspecified atom stereocenters. The van der Waals surface area contributed by atoms with Gasteiger partial charge in [-0.15, -0.1) is 0 Å². The van der Waals surface area contributed by atoms with Gasteiger partial charge in [0.1, 0.15) is 6.04 Å². The molecule has 2 heterocycles. The number of nitrogens with one attached hydrogen (secondary N) is 2. The topological polar surface area (TPSA) is 102 Å². The Morgan fingerprint density at radius 3 is 2.69 bits per heavy atom. The van der Waals surface area contributed by atoms with Crippen molar-refractivity contribution in [1.82, 2.24) is 19.8 Å². The minimum Gasteiger partial charge on any atom is -0.352 e. The van der Waals surface area contributed by atoms with Crippen LogP contribution in [0.4, 0.5) is 0 Å². The Labute approximate surface area is 168 Å². The second-order valence-electron chi connectivity index (χ2n) is 7.49. The predicted octanol–water partition coefficient (Wildman–Crippen LogP) is 1.33. The summed E-state index contributed by atoms with van der Waals surface area (Å²) in [6.45, 7) is 5.88. The summed E-state index contributed by atoms with van der Waals surface area (Å²) in [6, 6.07) is 5.10. The lowest BCUT2D eigenvalue weighted by molar-refractivity contribution is -0.135. The minimum atomic E-state index is -0.674. The van der Waals surface area contributed by atoms with Crippen LogP contribution >= 0.6 is 0 Å². The highest BCUT2D eigenvalue weighted by Gasteiger charge is 2.31. The van der Waals surface area contributed by atoms with Crippen LogP contribution < -0.4 is 16.3 Å². The molecule has 3 amide bonds. The highest BCUT2D eigenvalue weighted by atomic mass is 16.2. The fraction of sp³-hybridized carbons (Fsp3) is 0.429. The number of carbonyl (C=O) groups is 3. The van der Waals surface area contributed by atoms with Gasteiger partial charge in [0.2, 0.25) is 17.7 Å². The van der Waals surface area contributed by atoms with Crippen molar-refractivity contribution in [3.8, 4) is 0 Å². The van der Waals surface area contributed by atoms with Gasteiger partial charge in [-0.3, -0.25) is 28.8 Å². The summed E-state index contributed by atoms with van der Waals surface area (Å²) in [6.07, 6.45) is 3.09. The van der Waals surface area contributed by atoms with Crippen LogP contribution in [-0.4, -0.2) is 33.4 Å².